The second-order valence-corrected chi connectivity index (χ2v) is 8.62. The van der Waals surface area contributed by atoms with Crippen molar-refractivity contribution in [2.45, 2.75) is 51.4 Å². The summed E-state index contributed by atoms with van der Waals surface area (Å²) >= 11 is 0. The number of carbonyl (C=O) groups excluding carboxylic acids is 1. The molecule has 2 aromatic rings. The van der Waals surface area contributed by atoms with Crippen LogP contribution in [0.15, 0.2) is 24.3 Å². The number of amides is 1. The van der Waals surface area contributed by atoms with Gasteiger partial charge in [0.25, 0.3) is 0 Å². The highest BCUT2D eigenvalue weighted by Crippen LogP contribution is 2.70. The third-order valence-electron chi connectivity index (χ3n) is 7.29. The van der Waals surface area contributed by atoms with Crippen molar-refractivity contribution in [3.8, 4) is 17.9 Å². The summed E-state index contributed by atoms with van der Waals surface area (Å²) in [4.78, 5) is 22.8. The van der Waals surface area contributed by atoms with Crippen molar-refractivity contribution in [3.05, 3.63) is 47.0 Å². The van der Waals surface area contributed by atoms with E-state index in [0.717, 1.165) is 12.2 Å². The second-order valence-electron chi connectivity index (χ2n) is 8.62. The summed E-state index contributed by atoms with van der Waals surface area (Å²) in [7, 11) is 0. The first-order valence-electron chi connectivity index (χ1n) is 10.0. The molecule has 1 saturated carbocycles. The zero-order valence-corrected chi connectivity index (χ0v) is 17.5. The van der Waals surface area contributed by atoms with Crippen LogP contribution < -0.4 is 10.1 Å². The van der Waals surface area contributed by atoms with E-state index < -0.39 is 16.2 Å². The van der Waals surface area contributed by atoms with Crippen molar-refractivity contribution >= 4 is 11.6 Å². The molecule has 1 aromatic heterocycles. The highest BCUT2D eigenvalue weighted by atomic mass is 16.5. The summed E-state index contributed by atoms with van der Waals surface area (Å²) in [6.07, 6.45) is 1.37. The fourth-order valence-corrected chi connectivity index (χ4v) is 5.18. The summed E-state index contributed by atoms with van der Waals surface area (Å²) in [5.41, 5.74) is 0.0137. The van der Waals surface area contributed by atoms with Crippen LogP contribution in [0, 0.1) is 28.1 Å². The Morgan fingerprint density at radius 2 is 1.67 bits per heavy atom. The molecule has 2 atom stereocenters. The quantitative estimate of drug-likeness (QED) is 0.838. The number of aromatic nitrogens is 2. The number of hydrogen-bond acceptors (Lipinski definition) is 6. The van der Waals surface area contributed by atoms with Gasteiger partial charge in [-0.25, -0.2) is 9.97 Å². The molecule has 1 amide bonds. The average molecular weight is 401 g/mol. The van der Waals surface area contributed by atoms with Gasteiger partial charge in [0.05, 0.1) is 23.4 Å². The summed E-state index contributed by atoms with van der Waals surface area (Å²) < 4.78 is 5.47. The maximum absolute atomic E-state index is 13.7. The number of benzene rings is 1. The number of carbonyl (C=O) groups is 1. The van der Waals surface area contributed by atoms with Crippen LogP contribution in [-0.2, 0) is 15.6 Å². The summed E-state index contributed by atoms with van der Waals surface area (Å²) in [5, 5.41) is 21.9. The molecular formula is C23H23N5O2. The maximum atomic E-state index is 13.7. The molecule has 0 spiro atoms. The molecule has 0 saturated heterocycles. The molecule has 0 radical (unpaired) electrons. The number of nitrogens with one attached hydrogen (secondary N) is 1. The van der Waals surface area contributed by atoms with Crippen molar-refractivity contribution in [2.75, 3.05) is 11.9 Å². The Kier molecular flexibility index (Phi) is 4.32. The zero-order chi connectivity index (χ0) is 21.7. The minimum absolute atomic E-state index is 0.0166. The van der Waals surface area contributed by atoms with Gasteiger partial charge in [0.1, 0.15) is 17.9 Å². The number of nitriles is 2. The fraction of sp³-hybridized carbons (Fsp3) is 0.435. The van der Waals surface area contributed by atoms with Crippen molar-refractivity contribution in [2.24, 2.45) is 5.41 Å². The Hall–Kier alpha value is -3.45. The molecule has 152 valence electrons. The highest BCUT2D eigenvalue weighted by Gasteiger charge is 2.73. The van der Waals surface area contributed by atoms with E-state index in [1.807, 2.05) is 43.3 Å². The lowest BCUT2D eigenvalue weighted by molar-refractivity contribution is -0.125. The van der Waals surface area contributed by atoms with Gasteiger partial charge in [-0.1, -0.05) is 20.8 Å². The van der Waals surface area contributed by atoms with E-state index in [1.54, 1.807) is 0 Å². The molecule has 2 bridgehead atoms. The van der Waals surface area contributed by atoms with Gasteiger partial charge in [-0.3, -0.25) is 4.79 Å². The minimum Gasteiger partial charge on any atom is -0.494 e. The normalized spacial score (nSPS) is 25.1. The zero-order valence-electron chi connectivity index (χ0n) is 17.5. The molecule has 1 heterocycles. The third kappa shape index (κ3) is 2.32. The molecule has 7 nitrogen and oxygen atoms in total. The number of fused-ring (bicyclic) bond motifs is 5. The van der Waals surface area contributed by atoms with Crippen LogP contribution >= 0.6 is 0 Å². The number of rotatable bonds is 4. The largest absolute Gasteiger partial charge is 0.494 e. The van der Waals surface area contributed by atoms with Gasteiger partial charge in [-0.15, -0.1) is 0 Å². The Morgan fingerprint density at radius 3 is 2.23 bits per heavy atom. The van der Waals surface area contributed by atoms with E-state index in [9.17, 15) is 15.3 Å². The molecule has 2 aliphatic rings. The van der Waals surface area contributed by atoms with Crippen LogP contribution in [0.3, 0.4) is 0 Å². The summed E-state index contributed by atoms with van der Waals surface area (Å²) in [6, 6.07) is 11.2. The fourth-order valence-electron chi connectivity index (χ4n) is 5.18. The first kappa shape index (κ1) is 19.8. The van der Waals surface area contributed by atoms with Gasteiger partial charge in [-0.2, -0.15) is 10.5 Å². The standard InChI is InChI=1S/C23H23N5O2/c1-5-30-15-8-6-14(7-9-15)26-20(29)23-11-10-22(4,21(23,2)3)18-19(23)28-17(13-25)16(12-24)27-18/h6-9H,5,10-11H2,1-4H3,(H,26,29). The molecule has 4 rings (SSSR count). The lowest BCUT2D eigenvalue weighted by atomic mass is 9.63. The van der Waals surface area contributed by atoms with Crippen molar-refractivity contribution in [3.63, 3.8) is 0 Å². The minimum atomic E-state index is -0.928. The Morgan fingerprint density at radius 1 is 1.07 bits per heavy atom. The highest BCUT2D eigenvalue weighted by molar-refractivity contribution is 6.01. The summed E-state index contributed by atoms with van der Waals surface area (Å²) in [5.74, 6) is 0.573. The molecular weight excluding hydrogens is 378 g/mol. The van der Waals surface area contributed by atoms with Gasteiger partial charge in [0, 0.05) is 11.1 Å². The smallest absolute Gasteiger partial charge is 0.237 e. The van der Waals surface area contributed by atoms with Crippen molar-refractivity contribution in [1.82, 2.24) is 9.97 Å². The number of hydrogen-bond donors (Lipinski definition) is 1. The Labute approximate surface area is 175 Å². The molecule has 7 heteroatoms. The lowest BCUT2D eigenvalue weighted by Gasteiger charge is -2.39. The molecule has 1 N–H and O–H groups in total. The lowest BCUT2D eigenvalue weighted by Crippen LogP contribution is -2.48. The molecule has 1 fully saturated rings. The second kappa shape index (κ2) is 6.53. The maximum Gasteiger partial charge on any atom is 0.237 e. The first-order valence-corrected chi connectivity index (χ1v) is 10.0. The topological polar surface area (TPSA) is 112 Å². The van der Waals surface area contributed by atoms with E-state index in [1.165, 1.54) is 0 Å². The molecule has 30 heavy (non-hydrogen) atoms. The van der Waals surface area contributed by atoms with Crippen LogP contribution in [0.25, 0.3) is 0 Å². The molecule has 2 aliphatic carbocycles. The van der Waals surface area contributed by atoms with E-state index in [2.05, 4.69) is 36.1 Å². The Balaban J connectivity index is 1.80. The third-order valence-corrected chi connectivity index (χ3v) is 7.29. The van der Waals surface area contributed by atoms with Crippen molar-refractivity contribution in [1.29, 1.82) is 10.5 Å². The predicted molar refractivity (Wildman–Crippen MR) is 110 cm³/mol. The van der Waals surface area contributed by atoms with Gasteiger partial charge >= 0.3 is 0 Å². The SMILES string of the molecule is CCOc1ccc(NC(=O)C23CCC(C)(c4nc(C#N)c(C#N)nc42)C3(C)C)cc1. The van der Waals surface area contributed by atoms with Gasteiger partial charge in [0.15, 0.2) is 11.4 Å². The van der Waals surface area contributed by atoms with Gasteiger partial charge in [-0.05, 0) is 49.4 Å². The van der Waals surface area contributed by atoms with Crippen LogP contribution in [0.4, 0.5) is 5.69 Å². The van der Waals surface area contributed by atoms with Crippen molar-refractivity contribution < 1.29 is 9.53 Å². The summed E-state index contributed by atoms with van der Waals surface area (Å²) in [6.45, 7) is 8.67. The predicted octanol–water partition coefficient (Wildman–Crippen LogP) is 3.59. The first-order chi connectivity index (χ1) is 14.2. The van der Waals surface area contributed by atoms with E-state index in [-0.39, 0.29) is 17.3 Å². The average Bonchev–Trinajstić information content (AvgIpc) is 3.03. The number of anilines is 1. The molecule has 1 aromatic carbocycles. The van der Waals surface area contributed by atoms with E-state index in [0.29, 0.717) is 30.1 Å². The molecule has 0 aliphatic heterocycles. The Bertz CT molecular complexity index is 1130. The van der Waals surface area contributed by atoms with E-state index in [4.69, 9.17) is 4.74 Å². The number of ether oxygens (including phenoxy) is 1. The molecule has 2 unspecified atom stereocenters. The van der Waals surface area contributed by atoms with Crippen LogP contribution in [0.1, 0.15) is 63.3 Å². The van der Waals surface area contributed by atoms with Gasteiger partial charge in [0.2, 0.25) is 5.91 Å². The monoisotopic (exact) mass is 401 g/mol. The van der Waals surface area contributed by atoms with E-state index >= 15 is 0 Å². The number of nitrogens with zero attached hydrogens (tertiary/aromatic N) is 4. The van der Waals surface area contributed by atoms with Crippen LogP contribution in [0.5, 0.6) is 5.75 Å². The van der Waals surface area contributed by atoms with Gasteiger partial charge < -0.3 is 10.1 Å². The van der Waals surface area contributed by atoms with Crippen LogP contribution in [0.2, 0.25) is 0 Å². The van der Waals surface area contributed by atoms with Crippen LogP contribution in [-0.4, -0.2) is 22.5 Å².